The van der Waals surface area contributed by atoms with Crippen molar-refractivity contribution >= 4 is 17.8 Å². The number of esters is 1. The number of carboxylic acid groups (broad SMARTS) is 1. The van der Waals surface area contributed by atoms with E-state index in [0.717, 1.165) is 70.6 Å². The maximum absolute atomic E-state index is 12.8. The number of nitrogens with one attached hydrogen (secondary N) is 1. The van der Waals surface area contributed by atoms with Gasteiger partial charge in [0.1, 0.15) is 12.1 Å². The molecule has 0 rings (SSSR count). The first-order chi connectivity index (χ1) is 26.9. The smallest absolute Gasteiger partial charge is 0.326 e. The van der Waals surface area contributed by atoms with Gasteiger partial charge in [0, 0.05) is 12.8 Å². The number of aliphatic carboxylic acids is 1. The summed E-state index contributed by atoms with van der Waals surface area (Å²) in [5.74, 6) is -1.22. The van der Waals surface area contributed by atoms with Crippen LogP contribution in [0.15, 0.2) is 24.3 Å². The molecule has 0 radical (unpaired) electrons. The van der Waals surface area contributed by atoms with Crippen LogP contribution in [-0.4, -0.2) is 41.6 Å². The highest BCUT2D eigenvalue weighted by Crippen LogP contribution is 2.19. The lowest BCUT2D eigenvalue weighted by molar-refractivity contribution is -0.150. The van der Waals surface area contributed by atoms with Crippen molar-refractivity contribution in [2.24, 2.45) is 5.73 Å². The lowest BCUT2D eigenvalue weighted by Gasteiger charge is -2.18. The number of carbonyl (C=O) groups excluding carboxylic acids is 2. The third kappa shape index (κ3) is 39.9. The molecular formula is C48H90N2O5. The first kappa shape index (κ1) is 52.9. The van der Waals surface area contributed by atoms with Gasteiger partial charge in [-0.2, -0.15) is 0 Å². The predicted octanol–water partition coefficient (Wildman–Crippen LogP) is 13.6. The lowest BCUT2D eigenvalue weighted by atomic mass is 10.0. The normalized spacial score (nSPS) is 12.8. The molecule has 0 spiro atoms. The second kappa shape index (κ2) is 43.0. The minimum Gasteiger partial charge on any atom is -0.480 e. The van der Waals surface area contributed by atoms with E-state index in [9.17, 15) is 19.5 Å². The minimum atomic E-state index is -1.00. The number of amides is 1. The molecule has 0 aliphatic carbocycles. The molecule has 1 amide bonds. The number of hydrogen-bond acceptors (Lipinski definition) is 5. The highest BCUT2D eigenvalue weighted by atomic mass is 16.5. The molecule has 0 aromatic carbocycles. The number of unbranched alkanes of at least 4 members (excludes halogenated alkanes) is 25. The van der Waals surface area contributed by atoms with Crippen molar-refractivity contribution in [3.8, 4) is 0 Å². The van der Waals surface area contributed by atoms with Crippen molar-refractivity contribution in [1.82, 2.24) is 5.32 Å². The van der Waals surface area contributed by atoms with Gasteiger partial charge in [0.15, 0.2) is 0 Å². The number of carbonyl (C=O) groups is 3. The SMILES string of the molecule is CCCCC/C=C\C/C=C\CCCCCCCCCCCC(=O)OC(CCCCCCCCCCCC)CCCCCCCC(=O)NC(CCCN)C(=O)O. The van der Waals surface area contributed by atoms with Crippen molar-refractivity contribution < 1.29 is 24.2 Å². The van der Waals surface area contributed by atoms with E-state index in [-0.39, 0.29) is 18.0 Å². The Bertz CT molecular complexity index is 920. The Morgan fingerprint density at radius 1 is 0.527 bits per heavy atom. The van der Waals surface area contributed by atoms with Crippen molar-refractivity contribution in [1.29, 1.82) is 0 Å². The summed E-state index contributed by atoms with van der Waals surface area (Å²) in [6, 6.07) is -0.855. The zero-order valence-corrected chi connectivity index (χ0v) is 36.3. The number of hydrogen-bond donors (Lipinski definition) is 3. The lowest BCUT2D eigenvalue weighted by Crippen LogP contribution is -2.40. The molecule has 0 bridgehead atoms. The average molecular weight is 775 g/mol. The second-order valence-electron chi connectivity index (χ2n) is 16.2. The number of allylic oxidation sites excluding steroid dienone is 4. The Morgan fingerprint density at radius 2 is 0.945 bits per heavy atom. The van der Waals surface area contributed by atoms with Crippen LogP contribution in [-0.2, 0) is 19.1 Å². The Morgan fingerprint density at radius 3 is 1.44 bits per heavy atom. The molecule has 0 aliphatic heterocycles. The molecule has 7 nitrogen and oxygen atoms in total. The summed E-state index contributed by atoms with van der Waals surface area (Å²) in [6.07, 6.45) is 49.4. The van der Waals surface area contributed by atoms with Crippen LogP contribution in [0.5, 0.6) is 0 Å². The zero-order valence-electron chi connectivity index (χ0n) is 36.3. The maximum Gasteiger partial charge on any atom is 0.326 e. The molecule has 7 heteroatoms. The fourth-order valence-electron chi connectivity index (χ4n) is 7.19. The number of carboxylic acids is 1. The van der Waals surface area contributed by atoms with Crippen molar-refractivity contribution in [3.63, 3.8) is 0 Å². The molecule has 2 unspecified atom stereocenters. The molecule has 0 aromatic heterocycles. The third-order valence-corrected chi connectivity index (χ3v) is 10.8. The summed E-state index contributed by atoms with van der Waals surface area (Å²) in [4.78, 5) is 36.4. The first-order valence-corrected chi connectivity index (χ1v) is 23.7. The van der Waals surface area contributed by atoms with Gasteiger partial charge >= 0.3 is 11.9 Å². The van der Waals surface area contributed by atoms with Gasteiger partial charge in [-0.15, -0.1) is 0 Å². The number of ether oxygens (including phenoxy) is 1. The monoisotopic (exact) mass is 775 g/mol. The third-order valence-electron chi connectivity index (χ3n) is 10.8. The van der Waals surface area contributed by atoms with E-state index in [0.29, 0.717) is 32.2 Å². The van der Waals surface area contributed by atoms with E-state index < -0.39 is 12.0 Å². The summed E-state index contributed by atoms with van der Waals surface area (Å²) < 4.78 is 6.06. The van der Waals surface area contributed by atoms with E-state index in [4.69, 9.17) is 10.5 Å². The van der Waals surface area contributed by atoms with E-state index in [1.807, 2.05) is 0 Å². The predicted molar refractivity (Wildman–Crippen MR) is 234 cm³/mol. The summed E-state index contributed by atoms with van der Waals surface area (Å²) in [5.41, 5.74) is 5.49. The fourth-order valence-corrected chi connectivity index (χ4v) is 7.19. The Hall–Kier alpha value is -2.15. The summed E-state index contributed by atoms with van der Waals surface area (Å²) in [7, 11) is 0. The highest BCUT2D eigenvalue weighted by molar-refractivity contribution is 5.83. The second-order valence-corrected chi connectivity index (χ2v) is 16.2. The van der Waals surface area contributed by atoms with Crippen molar-refractivity contribution in [2.45, 2.75) is 257 Å². The molecule has 0 aromatic rings. The average Bonchev–Trinajstić information content (AvgIpc) is 3.17. The number of rotatable bonds is 43. The molecule has 0 fully saturated rings. The van der Waals surface area contributed by atoms with Gasteiger partial charge in [-0.1, -0.05) is 173 Å². The van der Waals surface area contributed by atoms with Gasteiger partial charge < -0.3 is 20.9 Å². The fraction of sp³-hybridized carbons (Fsp3) is 0.854. The largest absolute Gasteiger partial charge is 0.480 e. The number of nitrogens with two attached hydrogens (primary N) is 1. The van der Waals surface area contributed by atoms with Crippen LogP contribution in [0.4, 0.5) is 0 Å². The molecule has 0 heterocycles. The Balaban J connectivity index is 4.20. The molecule has 0 aliphatic rings. The maximum atomic E-state index is 12.8. The topological polar surface area (TPSA) is 119 Å². The van der Waals surface area contributed by atoms with Gasteiger partial charge in [0.2, 0.25) is 5.91 Å². The molecule has 0 saturated carbocycles. The Labute approximate surface area is 340 Å². The van der Waals surface area contributed by atoms with Crippen LogP contribution >= 0.6 is 0 Å². The van der Waals surface area contributed by atoms with E-state index in [1.165, 1.54) is 135 Å². The van der Waals surface area contributed by atoms with Crippen molar-refractivity contribution in [3.05, 3.63) is 24.3 Å². The molecule has 4 N–H and O–H groups in total. The van der Waals surface area contributed by atoms with Gasteiger partial charge in [0.05, 0.1) is 0 Å². The molecular weight excluding hydrogens is 685 g/mol. The van der Waals surface area contributed by atoms with Crippen molar-refractivity contribution in [2.75, 3.05) is 6.54 Å². The van der Waals surface area contributed by atoms with Crippen LogP contribution in [0.1, 0.15) is 245 Å². The summed E-state index contributed by atoms with van der Waals surface area (Å²) >= 11 is 0. The van der Waals surface area contributed by atoms with Gasteiger partial charge in [-0.05, 0) is 90.0 Å². The molecule has 0 saturated heterocycles. The van der Waals surface area contributed by atoms with Crippen LogP contribution in [0.2, 0.25) is 0 Å². The summed E-state index contributed by atoms with van der Waals surface area (Å²) in [5, 5.41) is 11.9. The zero-order chi connectivity index (χ0) is 40.3. The van der Waals surface area contributed by atoms with Crippen LogP contribution in [0, 0.1) is 0 Å². The quantitative estimate of drug-likeness (QED) is 0.0322. The van der Waals surface area contributed by atoms with E-state index in [1.54, 1.807) is 0 Å². The first-order valence-electron chi connectivity index (χ1n) is 23.7. The highest BCUT2D eigenvalue weighted by Gasteiger charge is 2.19. The van der Waals surface area contributed by atoms with Crippen LogP contribution in [0.25, 0.3) is 0 Å². The van der Waals surface area contributed by atoms with Crippen LogP contribution < -0.4 is 11.1 Å². The minimum absolute atomic E-state index is 0.0152. The Kier molecular flexibility index (Phi) is 41.3. The summed E-state index contributed by atoms with van der Waals surface area (Å²) in [6.45, 7) is 4.93. The van der Waals surface area contributed by atoms with Gasteiger partial charge in [-0.3, -0.25) is 9.59 Å². The van der Waals surface area contributed by atoms with Gasteiger partial charge in [0.25, 0.3) is 0 Å². The van der Waals surface area contributed by atoms with E-state index >= 15 is 0 Å². The molecule has 322 valence electrons. The molecule has 55 heavy (non-hydrogen) atoms. The van der Waals surface area contributed by atoms with Crippen LogP contribution in [0.3, 0.4) is 0 Å². The van der Waals surface area contributed by atoms with Gasteiger partial charge in [-0.25, -0.2) is 4.79 Å². The van der Waals surface area contributed by atoms with E-state index in [2.05, 4.69) is 43.5 Å². The molecule has 2 atom stereocenters. The standard InChI is InChI=1S/C48H90N2O5/c1-3-5-7-9-11-13-15-16-17-18-19-20-21-22-23-25-27-32-36-42-47(52)55-44(38-33-29-26-24-14-12-10-8-6-4-2)39-34-30-28-31-35-41-46(51)50-45(48(53)54)40-37-43-49/h11,13,16-17,44-45H,3-10,12,14-15,18-43,49H2,1-2H3,(H,50,51)(H,53,54)/b13-11-,17-16-.